The molecule has 8 heteroatoms. The molecule has 1 aliphatic heterocycles. The van der Waals surface area contributed by atoms with Crippen molar-refractivity contribution in [3.8, 4) is 0 Å². The van der Waals surface area contributed by atoms with Crippen LogP contribution in [0.25, 0.3) is 0 Å². The van der Waals surface area contributed by atoms with Gasteiger partial charge in [-0.1, -0.05) is 60.6 Å². The van der Waals surface area contributed by atoms with E-state index in [1.807, 2.05) is 35.0 Å². The highest BCUT2D eigenvalue weighted by Crippen LogP contribution is 2.22. The Kier molecular flexibility index (Phi) is 7.53. The molecule has 0 spiro atoms. The minimum Gasteiger partial charge on any atom is -0.355 e. The predicted octanol–water partition coefficient (Wildman–Crippen LogP) is 3.02. The van der Waals surface area contributed by atoms with Gasteiger partial charge in [-0.2, -0.15) is 0 Å². The minimum absolute atomic E-state index is 0.128. The van der Waals surface area contributed by atoms with Crippen molar-refractivity contribution >= 4 is 35.1 Å². The molecule has 1 aliphatic rings. The number of likely N-dealkylation sites (N-methyl/N-ethyl adjacent to an activating group) is 1. The monoisotopic (exact) mass is 419 g/mol. The summed E-state index contributed by atoms with van der Waals surface area (Å²) in [5.41, 5.74) is 1.19. The SMILES string of the molecule is CCN1CCN(C(=O)CSc2nc(Cl)cc(N(C)Cc3ccccc3)n2)CC1. The lowest BCUT2D eigenvalue weighted by Crippen LogP contribution is -2.49. The van der Waals surface area contributed by atoms with Crippen molar-refractivity contribution in [3.63, 3.8) is 0 Å². The van der Waals surface area contributed by atoms with E-state index in [0.29, 0.717) is 16.1 Å². The lowest BCUT2D eigenvalue weighted by Gasteiger charge is -2.34. The van der Waals surface area contributed by atoms with Crippen LogP contribution in [0.4, 0.5) is 5.82 Å². The first kappa shape index (κ1) is 20.9. The fourth-order valence-corrected chi connectivity index (χ4v) is 4.10. The van der Waals surface area contributed by atoms with Crippen molar-refractivity contribution in [3.05, 3.63) is 47.1 Å². The fourth-order valence-electron chi connectivity index (χ4n) is 3.11. The first-order valence-electron chi connectivity index (χ1n) is 9.47. The van der Waals surface area contributed by atoms with Crippen molar-refractivity contribution in [2.24, 2.45) is 0 Å². The van der Waals surface area contributed by atoms with Crippen molar-refractivity contribution < 1.29 is 4.79 Å². The smallest absolute Gasteiger partial charge is 0.233 e. The highest BCUT2D eigenvalue weighted by Gasteiger charge is 2.20. The van der Waals surface area contributed by atoms with Crippen LogP contribution in [-0.4, -0.2) is 71.2 Å². The Balaban J connectivity index is 1.58. The number of anilines is 1. The maximum absolute atomic E-state index is 12.5. The molecular weight excluding hydrogens is 394 g/mol. The summed E-state index contributed by atoms with van der Waals surface area (Å²) in [7, 11) is 1.97. The molecule has 0 unspecified atom stereocenters. The predicted molar refractivity (Wildman–Crippen MR) is 115 cm³/mol. The number of hydrogen-bond donors (Lipinski definition) is 0. The highest BCUT2D eigenvalue weighted by molar-refractivity contribution is 7.99. The van der Waals surface area contributed by atoms with Crippen LogP contribution in [0.5, 0.6) is 0 Å². The van der Waals surface area contributed by atoms with E-state index >= 15 is 0 Å². The van der Waals surface area contributed by atoms with Crippen LogP contribution in [0.1, 0.15) is 12.5 Å². The van der Waals surface area contributed by atoms with E-state index < -0.39 is 0 Å². The third-order valence-corrected chi connectivity index (χ3v) is 5.84. The molecule has 1 aromatic carbocycles. The number of hydrogen-bond acceptors (Lipinski definition) is 6. The first-order chi connectivity index (χ1) is 13.5. The number of halogens is 1. The van der Waals surface area contributed by atoms with Crippen molar-refractivity contribution in [2.75, 3.05) is 50.4 Å². The largest absolute Gasteiger partial charge is 0.355 e. The third kappa shape index (κ3) is 5.83. The second-order valence-corrected chi connectivity index (χ2v) is 8.11. The van der Waals surface area contributed by atoms with E-state index in [9.17, 15) is 4.79 Å². The topological polar surface area (TPSA) is 52.6 Å². The number of carbonyl (C=O) groups excluding carboxylic acids is 1. The summed E-state index contributed by atoms with van der Waals surface area (Å²) in [6.07, 6.45) is 0. The zero-order valence-corrected chi connectivity index (χ0v) is 17.9. The van der Waals surface area contributed by atoms with Gasteiger partial charge in [0.15, 0.2) is 5.16 Å². The average Bonchev–Trinajstić information content (AvgIpc) is 2.72. The second kappa shape index (κ2) is 10.1. The van der Waals surface area contributed by atoms with Gasteiger partial charge < -0.3 is 14.7 Å². The van der Waals surface area contributed by atoms with Crippen LogP contribution in [-0.2, 0) is 11.3 Å². The van der Waals surface area contributed by atoms with Gasteiger partial charge in [-0.05, 0) is 12.1 Å². The molecule has 2 heterocycles. The molecule has 6 nitrogen and oxygen atoms in total. The number of amides is 1. The molecular formula is C20H26ClN5OS. The maximum Gasteiger partial charge on any atom is 0.233 e. The summed E-state index contributed by atoms with van der Waals surface area (Å²) in [5, 5.41) is 0.916. The zero-order valence-electron chi connectivity index (χ0n) is 16.3. The second-order valence-electron chi connectivity index (χ2n) is 6.78. The normalized spacial score (nSPS) is 14.9. The van der Waals surface area contributed by atoms with Crippen LogP contribution < -0.4 is 4.90 Å². The molecule has 0 N–H and O–H groups in total. The van der Waals surface area contributed by atoms with Crippen molar-refractivity contribution in [1.29, 1.82) is 0 Å². The van der Waals surface area contributed by atoms with Gasteiger partial charge in [-0.25, -0.2) is 9.97 Å². The Morgan fingerprint density at radius 1 is 1.18 bits per heavy atom. The summed E-state index contributed by atoms with van der Waals surface area (Å²) < 4.78 is 0. The van der Waals surface area contributed by atoms with Crippen LogP contribution in [0.2, 0.25) is 5.15 Å². The Morgan fingerprint density at radius 2 is 1.89 bits per heavy atom. The van der Waals surface area contributed by atoms with Gasteiger partial charge in [0, 0.05) is 45.8 Å². The van der Waals surface area contributed by atoms with Crippen LogP contribution >= 0.6 is 23.4 Å². The number of carbonyl (C=O) groups is 1. The van der Waals surface area contributed by atoms with Gasteiger partial charge in [0.25, 0.3) is 0 Å². The van der Waals surface area contributed by atoms with E-state index in [4.69, 9.17) is 11.6 Å². The minimum atomic E-state index is 0.128. The standard InChI is InChI=1S/C20H26ClN5OS/c1-3-25-9-11-26(12-10-25)19(27)15-28-20-22-17(21)13-18(23-20)24(2)14-16-7-5-4-6-8-16/h4-8,13H,3,9-12,14-15H2,1-2H3. The molecule has 0 atom stereocenters. The van der Waals surface area contributed by atoms with E-state index in [0.717, 1.165) is 45.1 Å². The average molecular weight is 420 g/mol. The third-order valence-electron chi connectivity index (χ3n) is 4.81. The molecule has 1 saturated heterocycles. The molecule has 1 aromatic heterocycles. The molecule has 1 amide bonds. The van der Waals surface area contributed by atoms with Crippen LogP contribution in [0.15, 0.2) is 41.6 Å². The molecule has 0 bridgehead atoms. The molecule has 2 aromatic rings. The molecule has 28 heavy (non-hydrogen) atoms. The first-order valence-corrected chi connectivity index (χ1v) is 10.8. The molecule has 0 radical (unpaired) electrons. The highest BCUT2D eigenvalue weighted by atomic mass is 35.5. The summed E-state index contributed by atoms with van der Waals surface area (Å²) >= 11 is 7.54. The van der Waals surface area contributed by atoms with Crippen LogP contribution in [0.3, 0.4) is 0 Å². The lowest BCUT2D eigenvalue weighted by molar-refractivity contribution is -0.130. The van der Waals surface area contributed by atoms with Gasteiger partial charge in [0.1, 0.15) is 11.0 Å². The lowest BCUT2D eigenvalue weighted by atomic mass is 10.2. The van der Waals surface area contributed by atoms with E-state index in [1.54, 1.807) is 6.07 Å². The van der Waals surface area contributed by atoms with Gasteiger partial charge in [-0.15, -0.1) is 0 Å². The van der Waals surface area contributed by atoms with Gasteiger partial charge >= 0.3 is 0 Å². The molecule has 0 aliphatic carbocycles. The Morgan fingerprint density at radius 3 is 2.57 bits per heavy atom. The molecule has 0 saturated carbocycles. The zero-order chi connectivity index (χ0) is 19.9. The quantitative estimate of drug-likeness (QED) is 0.390. The fraction of sp³-hybridized carbons (Fsp3) is 0.450. The summed E-state index contributed by atoms with van der Waals surface area (Å²) in [4.78, 5) is 27.7. The Bertz CT molecular complexity index is 783. The number of thioether (sulfide) groups is 1. The Hall–Kier alpha value is -1.83. The summed E-state index contributed by atoms with van der Waals surface area (Å²) in [6, 6.07) is 11.9. The molecule has 3 rings (SSSR count). The summed E-state index contributed by atoms with van der Waals surface area (Å²) in [5.74, 6) is 1.20. The number of rotatable bonds is 7. The van der Waals surface area contributed by atoms with Gasteiger partial charge in [0.2, 0.25) is 5.91 Å². The van der Waals surface area contributed by atoms with Gasteiger partial charge in [-0.3, -0.25) is 4.79 Å². The number of piperazine rings is 1. The maximum atomic E-state index is 12.5. The van der Waals surface area contributed by atoms with Gasteiger partial charge in [0.05, 0.1) is 5.75 Å². The summed E-state index contributed by atoms with van der Waals surface area (Å²) in [6.45, 7) is 7.36. The van der Waals surface area contributed by atoms with E-state index in [2.05, 4.69) is 33.9 Å². The molecule has 150 valence electrons. The number of nitrogens with zero attached hydrogens (tertiary/aromatic N) is 5. The van der Waals surface area contributed by atoms with Crippen molar-refractivity contribution in [2.45, 2.75) is 18.6 Å². The van der Waals surface area contributed by atoms with E-state index in [-0.39, 0.29) is 5.91 Å². The number of aromatic nitrogens is 2. The Labute approximate surface area is 175 Å². The molecule has 1 fully saturated rings. The van der Waals surface area contributed by atoms with Crippen molar-refractivity contribution in [1.82, 2.24) is 19.8 Å². The van der Waals surface area contributed by atoms with E-state index in [1.165, 1.54) is 17.3 Å². The van der Waals surface area contributed by atoms with Crippen LogP contribution in [0, 0.1) is 0 Å². The number of benzene rings is 1.